The Hall–Kier alpha value is -7.84. The van der Waals surface area contributed by atoms with Gasteiger partial charge in [-0.3, -0.25) is 57.5 Å². The molecule has 1 spiro atoms. The van der Waals surface area contributed by atoms with Gasteiger partial charge in [-0.25, -0.2) is 0 Å². The van der Waals surface area contributed by atoms with Gasteiger partial charge in [0, 0.05) is 74.4 Å². The molecule has 102 heavy (non-hydrogen) atoms. The van der Waals surface area contributed by atoms with Crippen molar-refractivity contribution < 1.29 is 70.7 Å². The second-order valence-electron chi connectivity index (χ2n) is 29.4. The Bertz CT molecular complexity index is 3400. The summed E-state index contributed by atoms with van der Waals surface area (Å²) in [7, 11) is 7.09. The first-order chi connectivity index (χ1) is 48.0. The highest BCUT2D eigenvalue weighted by molar-refractivity contribution is 6.31. The van der Waals surface area contributed by atoms with Gasteiger partial charge in [-0.1, -0.05) is 115 Å². The molecule has 1 saturated carbocycles. The molecule has 0 bridgehead atoms. The molecule has 24 nitrogen and oxygen atoms in total. The van der Waals surface area contributed by atoms with Crippen molar-refractivity contribution in [1.29, 1.82) is 0 Å². The first-order valence-electron chi connectivity index (χ1n) is 36.4. The molecule has 5 aliphatic rings. The number of likely N-dealkylation sites (tertiary alicyclic amines) is 1. The summed E-state index contributed by atoms with van der Waals surface area (Å²) in [4.78, 5) is 192. The second kappa shape index (κ2) is 35.1. The van der Waals surface area contributed by atoms with Gasteiger partial charge in [-0.2, -0.15) is 13.2 Å². The molecule has 564 valence electrons. The molecule has 12 amide bonds. The number of benzene rings is 2. The molecule has 7 rings (SSSR count). The zero-order valence-corrected chi connectivity index (χ0v) is 62.7. The summed E-state index contributed by atoms with van der Waals surface area (Å²) in [6.07, 6.45) is -1.53. The topological polar surface area (TPSA) is 270 Å². The lowest BCUT2D eigenvalue weighted by atomic mass is 9.90. The standard InChI is InChI=1S/C74H108ClF3N12O12/c1-15-46(7)61-70(100)83(11)48(9)65(95)90-38-32-55(90)69(99)88(17-3)58(41-50-26-24-45(6)25-27-50)67(97)82(10)43-59(91)79-53(31-29-49-28-30-51(52(75)40-49)74(76,77)78)66(96)89-37-22-23-54(89)64(94)81-73(33-18-19-34-73)72(102)86(14)62(47(8)16-2)71(101)85(13)57(68(98)87-35-20-21-36-87)42-60(92)84(12)56(39-44(4)5)63(93)80-61/h24-28,30,40,44,46-48,53-58,61-62H,15-23,29,31-39,41-43H2,1-14H3,(H,79,91)(H,80,93)(H,81,94)/t46-,47-,48-,53-,54-,55-,56-,57-,58-,61-,62-/m0/s1. The summed E-state index contributed by atoms with van der Waals surface area (Å²) in [6.45, 7) is 16.2. The highest BCUT2D eigenvalue weighted by atomic mass is 35.5. The first-order valence-corrected chi connectivity index (χ1v) is 36.7. The molecule has 1 aliphatic carbocycles. The van der Waals surface area contributed by atoms with E-state index in [1.807, 2.05) is 46.8 Å². The summed E-state index contributed by atoms with van der Waals surface area (Å²) in [5, 5.41) is 8.15. The van der Waals surface area contributed by atoms with Crippen molar-refractivity contribution >= 4 is 82.5 Å². The van der Waals surface area contributed by atoms with Crippen molar-refractivity contribution in [3.05, 3.63) is 69.7 Å². The van der Waals surface area contributed by atoms with Crippen molar-refractivity contribution in [2.24, 2.45) is 17.8 Å². The molecular formula is C74H108ClF3N12O12. The molecule has 5 fully saturated rings. The Morgan fingerprint density at radius 3 is 1.83 bits per heavy atom. The number of halogens is 4. The van der Waals surface area contributed by atoms with E-state index in [1.54, 1.807) is 37.8 Å². The first kappa shape index (κ1) is 81.5. The maximum Gasteiger partial charge on any atom is 0.417 e. The number of amides is 12. The zero-order chi connectivity index (χ0) is 75.6. The molecule has 28 heteroatoms. The zero-order valence-electron chi connectivity index (χ0n) is 62.0. The van der Waals surface area contributed by atoms with Crippen LogP contribution >= 0.6 is 11.6 Å². The fraction of sp³-hybridized carbons (Fsp3) is 0.676. The number of rotatable bonds is 13. The van der Waals surface area contributed by atoms with Gasteiger partial charge in [0.15, 0.2) is 0 Å². The van der Waals surface area contributed by atoms with Crippen LogP contribution in [0.15, 0.2) is 42.5 Å². The SMILES string of the molecule is CC[C@H](C)[C@@H]1NC(=O)[C@H](CC(C)C)N(C)C(=O)C[C@@H](C(=O)N2CCCC2)N(C)C(=O)[C@H]([C@@H](C)CC)N(C)C(=O)C2(CCCC2)NC(=O)[C@@H]2CCCN2C(=O)[C@H](CCc2ccc(C(F)(F)F)c(Cl)c2)NC(=O)CN(C)C(=O)[C@H](Cc2ccc(C)cc2)N(CC)C(=O)[C@@H]2CCN2C(=O)[C@H](C)N(C)C1=O. The van der Waals surface area contributed by atoms with Crippen molar-refractivity contribution in [1.82, 2.24) is 60.0 Å². The Morgan fingerprint density at radius 1 is 0.647 bits per heavy atom. The van der Waals surface area contributed by atoms with Crippen LogP contribution in [0.3, 0.4) is 0 Å². The third kappa shape index (κ3) is 18.7. The second-order valence-corrected chi connectivity index (χ2v) is 29.8. The quantitative estimate of drug-likeness (QED) is 0.208. The number of likely N-dealkylation sites (N-methyl/N-ethyl adjacent to an activating group) is 6. The van der Waals surface area contributed by atoms with Crippen LogP contribution in [-0.2, 0) is 76.6 Å². The molecule has 3 N–H and O–H groups in total. The van der Waals surface area contributed by atoms with Crippen molar-refractivity contribution in [2.75, 3.05) is 74.5 Å². The molecule has 4 saturated heterocycles. The van der Waals surface area contributed by atoms with Gasteiger partial charge in [0.1, 0.15) is 59.9 Å². The summed E-state index contributed by atoms with van der Waals surface area (Å²) < 4.78 is 41.7. The molecule has 0 aromatic heterocycles. The Morgan fingerprint density at radius 2 is 1.26 bits per heavy atom. The number of hydrogen-bond donors (Lipinski definition) is 3. The minimum absolute atomic E-state index is 0.0186. The average Bonchev–Trinajstić information content (AvgIpc) is 1.55. The van der Waals surface area contributed by atoms with Crippen LogP contribution in [0.25, 0.3) is 0 Å². The van der Waals surface area contributed by atoms with Gasteiger partial charge in [-0.05, 0) is 126 Å². The van der Waals surface area contributed by atoms with Gasteiger partial charge in [-0.15, -0.1) is 0 Å². The van der Waals surface area contributed by atoms with Crippen LogP contribution in [0.2, 0.25) is 5.02 Å². The van der Waals surface area contributed by atoms with Crippen molar-refractivity contribution in [3.63, 3.8) is 0 Å². The van der Waals surface area contributed by atoms with E-state index in [0.29, 0.717) is 63.6 Å². The fourth-order valence-corrected chi connectivity index (χ4v) is 15.2. The van der Waals surface area contributed by atoms with Crippen LogP contribution in [0.4, 0.5) is 13.2 Å². The predicted octanol–water partition coefficient (Wildman–Crippen LogP) is 6.00. The number of aryl methyl sites for hydroxylation is 2. The normalized spacial score (nSPS) is 26.5. The van der Waals surface area contributed by atoms with Crippen LogP contribution in [0.1, 0.15) is 168 Å². The molecule has 11 atom stereocenters. The Balaban J connectivity index is 1.31. The number of carbonyl (C=O) groups is 12. The number of fused-ring (bicyclic) bond motifs is 2. The highest BCUT2D eigenvalue weighted by Crippen LogP contribution is 2.37. The van der Waals surface area contributed by atoms with Crippen LogP contribution < -0.4 is 16.0 Å². The number of nitrogens with zero attached hydrogens (tertiary/aromatic N) is 9. The maximum atomic E-state index is 15.5. The third-order valence-corrected chi connectivity index (χ3v) is 22.2. The van der Waals surface area contributed by atoms with Gasteiger partial charge >= 0.3 is 6.18 Å². The van der Waals surface area contributed by atoms with Crippen LogP contribution in [0, 0.1) is 24.7 Å². The lowest BCUT2D eigenvalue weighted by Gasteiger charge is -2.45. The highest BCUT2D eigenvalue weighted by Gasteiger charge is 2.52. The van der Waals surface area contributed by atoms with E-state index >= 15 is 33.6 Å². The number of hydrogen-bond acceptors (Lipinski definition) is 12. The minimum atomic E-state index is -4.77. The molecule has 2 aromatic rings. The van der Waals surface area contributed by atoms with Crippen molar-refractivity contribution in [2.45, 2.75) is 231 Å². The van der Waals surface area contributed by atoms with Gasteiger partial charge < -0.3 is 60.0 Å². The van der Waals surface area contributed by atoms with E-state index in [0.717, 1.165) is 22.6 Å². The molecular weight excluding hydrogens is 1340 g/mol. The summed E-state index contributed by atoms with van der Waals surface area (Å²) in [5.41, 5.74) is -0.806. The summed E-state index contributed by atoms with van der Waals surface area (Å²) >= 11 is 6.17. The van der Waals surface area contributed by atoms with Crippen LogP contribution in [0.5, 0.6) is 0 Å². The predicted molar refractivity (Wildman–Crippen MR) is 377 cm³/mol. The lowest BCUT2D eigenvalue weighted by Crippen LogP contribution is -2.65. The smallest absolute Gasteiger partial charge is 0.343 e. The average molecular weight is 1450 g/mol. The maximum absolute atomic E-state index is 15.5. The molecule has 0 unspecified atom stereocenters. The number of alkyl halides is 3. The number of carbonyl (C=O) groups excluding carboxylic acids is 12. The van der Waals surface area contributed by atoms with E-state index < -0.39 is 172 Å². The largest absolute Gasteiger partial charge is 0.417 e. The minimum Gasteiger partial charge on any atom is -0.343 e. The Kier molecular flexibility index (Phi) is 28.0. The van der Waals surface area contributed by atoms with E-state index in [4.69, 9.17) is 11.6 Å². The monoisotopic (exact) mass is 1450 g/mol. The van der Waals surface area contributed by atoms with E-state index in [9.17, 15) is 37.1 Å². The lowest BCUT2D eigenvalue weighted by molar-refractivity contribution is -0.161. The third-order valence-electron chi connectivity index (χ3n) is 21.9. The fourth-order valence-electron chi connectivity index (χ4n) is 14.9. The van der Waals surface area contributed by atoms with Gasteiger partial charge in [0.25, 0.3) is 0 Å². The molecule has 0 radical (unpaired) electrons. The van der Waals surface area contributed by atoms with E-state index in [2.05, 4.69) is 16.0 Å². The molecule has 4 heterocycles. The van der Waals surface area contributed by atoms with E-state index in [-0.39, 0.29) is 82.5 Å². The van der Waals surface area contributed by atoms with Gasteiger partial charge in [0.2, 0.25) is 70.9 Å². The molecule has 4 aliphatic heterocycles. The van der Waals surface area contributed by atoms with E-state index in [1.165, 1.54) is 82.5 Å². The van der Waals surface area contributed by atoms with Crippen LogP contribution in [-0.4, -0.2) is 249 Å². The van der Waals surface area contributed by atoms with Gasteiger partial charge in [0.05, 0.1) is 23.6 Å². The summed E-state index contributed by atoms with van der Waals surface area (Å²) in [6, 6.07) is -0.853. The summed E-state index contributed by atoms with van der Waals surface area (Å²) in [5.74, 6) is -9.11. The Labute approximate surface area is 603 Å². The molecule has 2 aromatic carbocycles. The van der Waals surface area contributed by atoms with Crippen molar-refractivity contribution in [3.8, 4) is 0 Å². The number of nitrogens with one attached hydrogen (secondary N) is 3.